The van der Waals surface area contributed by atoms with E-state index < -0.39 is 0 Å². The first kappa shape index (κ1) is 17.8. The number of nitrogens with one attached hydrogen (secondary N) is 2. The van der Waals surface area contributed by atoms with Crippen molar-refractivity contribution in [2.75, 3.05) is 13.1 Å². The zero-order valence-electron chi connectivity index (χ0n) is 12.4. The topological polar surface area (TPSA) is 58.2 Å². The van der Waals surface area contributed by atoms with Crippen molar-refractivity contribution in [2.45, 2.75) is 27.2 Å². The second-order valence-electron chi connectivity index (χ2n) is 5.97. The summed E-state index contributed by atoms with van der Waals surface area (Å²) in [6.45, 7) is 6.69. The van der Waals surface area contributed by atoms with Crippen LogP contribution in [0.15, 0.2) is 18.2 Å². The zero-order chi connectivity index (χ0) is 16.0. The van der Waals surface area contributed by atoms with Crippen LogP contribution in [0.1, 0.15) is 37.6 Å². The Labute approximate surface area is 135 Å². The maximum absolute atomic E-state index is 11.9. The third kappa shape index (κ3) is 6.82. The van der Waals surface area contributed by atoms with Gasteiger partial charge >= 0.3 is 0 Å². The fourth-order valence-electron chi connectivity index (χ4n) is 1.69. The Morgan fingerprint density at radius 1 is 1.10 bits per heavy atom. The van der Waals surface area contributed by atoms with Crippen LogP contribution < -0.4 is 10.6 Å². The molecule has 0 saturated heterocycles. The average Bonchev–Trinajstić information content (AvgIpc) is 2.35. The highest BCUT2D eigenvalue weighted by Gasteiger charge is 2.15. The van der Waals surface area contributed by atoms with Crippen LogP contribution in [-0.2, 0) is 4.79 Å². The summed E-state index contributed by atoms with van der Waals surface area (Å²) in [4.78, 5) is 23.5. The minimum Gasteiger partial charge on any atom is -0.354 e. The number of benzene rings is 1. The van der Waals surface area contributed by atoms with E-state index in [1.54, 1.807) is 12.1 Å². The number of carbonyl (C=O) groups excluding carboxylic acids is 2. The third-order valence-electron chi connectivity index (χ3n) is 2.60. The van der Waals surface area contributed by atoms with Crippen LogP contribution in [0, 0.1) is 5.41 Å². The van der Waals surface area contributed by atoms with E-state index in [2.05, 4.69) is 10.6 Å². The van der Waals surface area contributed by atoms with E-state index in [1.807, 2.05) is 20.8 Å². The second kappa shape index (κ2) is 7.66. The van der Waals surface area contributed by atoms with Gasteiger partial charge in [-0.05, 0) is 23.6 Å². The molecule has 1 rings (SSSR count). The molecule has 0 spiro atoms. The lowest BCUT2D eigenvalue weighted by Crippen LogP contribution is -2.36. The minimum absolute atomic E-state index is 0.0301. The van der Waals surface area contributed by atoms with Crippen LogP contribution in [0.4, 0.5) is 0 Å². The number of amides is 2. The van der Waals surface area contributed by atoms with E-state index in [4.69, 9.17) is 23.2 Å². The Morgan fingerprint density at radius 3 is 2.33 bits per heavy atom. The fourth-order valence-corrected chi connectivity index (χ4v) is 2.06. The molecule has 0 radical (unpaired) electrons. The van der Waals surface area contributed by atoms with Gasteiger partial charge in [0.05, 0.1) is 10.6 Å². The van der Waals surface area contributed by atoms with E-state index in [0.717, 1.165) is 0 Å². The van der Waals surface area contributed by atoms with Gasteiger partial charge in [0.1, 0.15) is 0 Å². The Kier molecular flexibility index (Phi) is 6.49. The van der Waals surface area contributed by atoms with Gasteiger partial charge in [0, 0.05) is 24.5 Å². The molecule has 0 saturated carbocycles. The molecule has 0 fully saturated rings. The molecule has 6 heteroatoms. The molecule has 0 aromatic heterocycles. The van der Waals surface area contributed by atoms with E-state index in [9.17, 15) is 9.59 Å². The molecule has 0 unspecified atom stereocenters. The number of hydrogen-bond donors (Lipinski definition) is 2. The average molecular weight is 331 g/mol. The van der Waals surface area contributed by atoms with Crippen LogP contribution in [0.25, 0.3) is 0 Å². The highest BCUT2D eigenvalue weighted by Crippen LogP contribution is 2.20. The van der Waals surface area contributed by atoms with Crippen molar-refractivity contribution < 1.29 is 9.59 Å². The molecule has 0 aliphatic heterocycles. The molecule has 2 N–H and O–H groups in total. The lowest BCUT2D eigenvalue weighted by molar-refractivity contribution is -0.122. The van der Waals surface area contributed by atoms with Gasteiger partial charge in [-0.1, -0.05) is 44.0 Å². The highest BCUT2D eigenvalue weighted by atomic mass is 35.5. The number of halogens is 2. The largest absolute Gasteiger partial charge is 0.354 e. The van der Waals surface area contributed by atoms with Gasteiger partial charge in [-0.15, -0.1) is 0 Å². The number of rotatable bonds is 5. The predicted molar refractivity (Wildman–Crippen MR) is 85.9 cm³/mol. The predicted octanol–water partition coefficient (Wildman–Crippen LogP) is 3.28. The SMILES string of the molecule is CC(C)(C)CC(=O)NCCNC(=O)c1cc(Cl)ccc1Cl. The molecule has 1 aromatic carbocycles. The van der Waals surface area contributed by atoms with Crippen LogP contribution in [0.5, 0.6) is 0 Å². The molecule has 4 nitrogen and oxygen atoms in total. The molecule has 2 amide bonds. The monoisotopic (exact) mass is 330 g/mol. The van der Waals surface area contributed by atoms with Crippen molar-refractivity contribution in [3.8, 4) is 0 Å². The Hall–Kier alpha value is -1.26. The van der Waals surface area contributed by atoms with Crippen molar-refractivity contribution in [1.82, 2.24) is 10.6 Å². The molecule has 21 heavy (non-hydrogen) atoms. The highest BCUT2D eigenvalue weighted by molar-refractivity contribution is 6.35. The first-order valence-electron chi connectivity index (χ1n) is 6.69. The molecule has 0 heterocycles. The van der Waals surface area contributed by atoms with Crippen molar-refractivity contribution in [2.24, 2.45) is 5.41 Å². The summed E-state index contributed by atoms with van der Waals surface area (Å²) in [5.74, 6) is -0.342. The van der Waals surface area contributed by atoms with Crippen LogP contribution in [-0.4, -0.2) is 24.9 Å². The molecule has 0 aliphatic carbocycles. The Morgan fingerprint density at radius 2 is 1.71 bits per heavy atom. The summed E-state index contributed by atoms with van der Waals surface area (Å²) >= 11 is 11.8. The third-order valence-corrected chi connectivity index (χ3v) is 3.16. The van der Waals surface area contributed by atoms with Crippen LogP contribution in [0.3, 0.4) is 0 Å². The molecular formula is C15H20Cl2N2O2. The Bertz CT molecular complexity index is 525. The molecule has 1 aromatic rings. The number of hydrogen-bond acceptors (Lipinski definition) is 2. The first-order valence-corrected chi connectivity index (χ1v) is 7.44. The molecule has 0 aliphatic rings. The summed E-state index contributed by atoms with van der Waals surface area (Å²) in [6.07, 6.45) is 0.446. The van der Waals surface area contributed by atoms with Crippen molar-refractivity contribution >= 4 is 35.0 Å². The zero-order valence-corrected chi connectivity index (χ0v) is 13.9. The quantitative estimate of drug-likeness (QED) is 0.814. The van der Waals surface area contributed by atoms with E-state index in [0.29, 0.717) is 35.1 Å². The normalized spacial score (nSPS) is 11.1. The van der Waals surface area contributed by atoms with Gasteiger partial charge in [-0.2, -0.15) is 0 Å². The summed E-state index contributed by atoms with van der Waals surface area (Å²) < 4.78 is 0. The van der Waals surface area contributed by atoms with E-state index in [-0.39, 0.29) is 17.2 Å². The summed E-state index contributed by atoms with van der Waals surface area (Å²) in [5.41, 5.74) is 0.270. The maximum Gasteiger partial charge on any atom is 0.252 e. The molecule has 116 valence electrons. The standard InChI is InChI=1S/C15H20Cl2N2O2/c1-15(2,3)9-13(20)18-6-7-19-14(21)11-8-10(16)4-5-12(11)17/h4-5,8H,6-7,9H2,1-3H3,(H,18,20)(H,19,21). The molecular weight excluding hydrogens is 311 g/mol. The lowest BCUT2D eigenvalue weighted by atomic mass is 9.92. The van der Waals surface area contributed by atoms with Gasteiger partial charge in [0.15, 0.2) is 0 Å². The molecule has 0 atom stereocenters. The van der Waals surface area contributed by atoms with Gasteiger partial charge < -0.3 is 10.6 Å². The number of carbonyl (C=O) groups is 2. The maximum atomic E-state index is 11.9. The second-order valence-corrected chi connectivity index (χ2v) is 6.81. The van der Waals surface area contributed by atoms with Gasteiger partial charge in [0.25, 0.3) is 5.91 Å². The summed E-state index contributed by atoms with van der Waals surface area (Å²) in [7, 11) is 0. The summed E-state index contributed by atoms with van der Waals surface area (Å²) in [6, 6.07) is 4.70. The van der Waals surface area contributed by atoms with Gasteiger partial charge in [0.2, 0.25) is 5.91 Å². The van der Waals surface area contributed by atoms with Crippen LogP contribution in [0.2, 0.25) is 10.0 Å². The first-order chi connectivity index (χ1) is 9.69. The fraction of sp³-hybridized carbons (Fsp3) is 0.467. The van der Waals surface area contributed by atoms with E-state index in [1.165, 1.54) is 6.07 Å². The van der Waals surface area contributed by atoms with Gasteiger partial charge in [-0.3, -0.25) is 9.59 Å². The smallest absolute Gasteiger partial charge is 0.252 e. The van der Waals surface area contributed by atoms with Crippen molar-refractivity contribution in [3.63, 3.8) is 0 Å². The minimum atomic E-state index is -0.312. The van der Waals surface area contributed by atoms with Crippen LogP contribution >= 0.6 is 23.2 Å². The Balaban J connectivity index is 2.38. The summed E-state index contributed by atoms with van der Waals surface area (Å²) in [5, 5.41) is 6.24. The van der Waals surface area contributed by atoms with Crippen molar-refractivity contribution in [1.29, 1.82) is 0 Å². The lowest BCUT2D eigenvalue weighted by Gasteiger charge is -2.17. The van der Waals surface area contributed by atoms with Gasteiger partial charge in [-0.25, -0.2) is 0 Å². The van der Waals surface area contributed by atoms with Crippen molar-refractivity contribution in [3.05, 3.63) is 33.8 Å². The molecule has 0 bridgehead atoms. The van der Waals surface area contributed by atoms with E-state index >= 15 is 0 Å².